The van der Waals surface area contributed by atoms with E-state index in [9.17, 15) is 4.79 Å². The van der Waals surface area contributed by atoms with Gasteiger partial charge in [-0.15, -0.1) is 0 Å². The molecular weight excluding hydrogens is 190 g/mol. The zero-order valence-corrected chi connectivity index (χ0v) is 10.5. The lowest BCUT2D eigenvalue weighted by Gasteiger charge is -2.08. The van der Waals surface area contributed by atoms with Gasteiger partial charge in [-0.05, 0) is 18.3 Å². The van der Waals surface area contributed by atoms with Gasteiger partial charge in [0.1, 0.15) is 0 Å². The molecule has 0 aliphatic rings. The second-order valence-electron chi connectivity index (χ2n) is 4.75. The molecule has 0 heterocycles. The van der Waals surface area contributed by atoms with E-state index < -0.39 is 0 Å². The van der Waals surface area contributed by atoms with Gasteiger partial charge in [-0.2, -0.15) is 0 Å². The molecule has 0 fully saturated rings. The van der Waals surface area contributed by atoms with Crippen molar-refractivity contribution in [1.82, 2.24) is 5.32 Å². The number of amides is 1. The minimum atomic E-state index is 0.136. The van der Waals surface area contributed by atoms with E-state index in [1.54, 1.807) is 0 Å². The molecule has 1 N–H and O–H groups in total. The SMILES string of the molecule is CC(C)CCC(=O)NCCOCC(C)C. The number of hydrogen-bond donors (Lipinski definition) is 1. The fourth-order valence-corrected chi connectivity index (χ4v) is 1.09. The molecule has 0 aromatic carbocycles. The molecule has 0 aromatic rings. The molecule has 0 spiro atoms. The number of hydrogen-bond acceptors (Lipinski definition) is 2. The lowest BCUT2D eigenvalue weighted by Crippen LogP contribution is -2.27. The van der Waals surface area contributed by atoms with Crippen molar-refractivity contribution in [2.75, 3.05) is 19.8 Å². The number of carbonyl (C=O) groups is 1. The zero-order valence-electron chi connectivity index (χ0n) is 10.5. The maximum Gasteiger partial charge on any atom is 0.220 e. The van der Waals surface area contributed by atoms with Gasteiger partial charge in [0.2, 0.25) is 5.91 Å². The first kappa shape index (κ1) is 14.4. The van der Waals surface area contributed by atoms with Crippen LogP contribution in [0.5, 0.6) is 0 Å². The van der Waals surface area contributed by atoms with Crippen LogP contribution in [-0.2, 0) is 9.53 Å². The molecule has 0 rings (SSSR count). The quantitative estimate of drug-likeness (QED) is 0.630. The van der Waals surface area contributed by atoms with Crippen molar-refractivity contribution >= 4 is 5.91 Å². The van der Waals surface area contributed by atoms with Crippen LogP contribution in [0, 0.1) is 11.8 Å². The Morgan fingerprint density at radius 2 is 1.87 bits per heavy atom. The first-order chi connectivity index (χ1) is 7.02. The molecule has 0 bridgehead atoms. The van der Waals surface area contributed by atoms with E-state index in [0.717, 1.165) is 13.0 Å². The lowest BCUT2D eigenvalue weighted by molar-refractivity contribution is -0.121. The number of carbonyl (C=O) groups excluding carboxylic acids is 1. The minimum absolute atomic E-state index is 0.136. The summed E-state index contributed by atoms with van der Waals surface area (Å²) in [6.45, 7) is 10.5. The molecule has 15 heavy (non-hydrogen) atoms. The van der Waals surface area contributed by atoms with Crippen LogP contribution >= 0.6 is 0 Å². The first-order valence-electron chi connectivity index (χ1n) is 5.86. The summed E-state index contributed by atoms with van der Waals surface area (Å²) in [6, 6.07) is 0. The summed E-state index contributed by atoms with van der Waals surface area (Å²) in [4.78, 5) is 11.3. The molecule has 0 aromatic heterocycles. The molecule has 1 amide bonds. The van der Waals surface area contributed by atoms with E-state index in [2.05, 4.69) is 33.0 Å². The van der Waals surface area contributed by atoms with Crippen LogP contribution in [0.3, 0.4) is 0 Å². The van der Waals surface area contributed by atoms with Gasteiger partial charge in [-0.1, -0.05) is 27.7 Å². The van der Waals surface area contributed by atoms with Crippen LogP contribution in [0.1, 0.15) is 40.5 Å². The molecule has 0 radical (unpaired) electrons. The van der Waals surface area contributed by atoms with Crippen molar-refractivity contribution in [1.29, 1.82) is 0 Å². The van der Waals surface area contributed by atoms with Crippen LogP contribution in [-0.4, -0.2) is 25.7 Å². The average molecular weight is 215 g/mol. The van der Waals surface area contributed by atoms with Gasteiger partial charge in [0.25, 0.3) is 0 Å². The summed E-state index contributed by atoms with van der Waals surface area (Å²) in [5.41, 5.74) is 0. The van der Waals surface area contributed by atoms with E-state index in [1.807, 2.05) is 0 Å². The van der Waals surface area contributed by atoms with E-state index in [4.69, 9.17) is 4.74 Å². The molecule has 0 aliphatic heterocycles. The largest absolute Gasteiger partial charge is 0.379 e. The van der Waals surface area contributed by atoms with Crippen molar-refractivity contribution in [3.63, 3.8) is 0 Å². The third-order valence-electron chi connectivity index (χ3n) is 1.97. The topological polar surface area (TPSA) is 38.3 Å². The number of ether oxygens (including phenoxy) is 1. The van der Waals surface area contributed by atoms with E-state index in [-0.39, 0.29) is 5.91 Å². The van der Waals surface area contributed by atoms with Crippen molar-refractivity contribution in [2.24, 2.45) is 11.8 Å². The van der Waals surface area contributed by atoms with Gasteiger partial charge in [-0.25, -0.2) is 0 Å². The molecule has 0 atom stereocenters. The van der Waals surface area contributed by atoms with E-state index >= 15 is 0 Å². The summed E-state index contributed by atoms with van der Waals surface area (Å²) >= 11 is 0. The maximum atomic E-state index is 11.3. The second-order valence-corrected chi connectivity index (χ2v) is 4.75. The maximum absolute atomic E-state index is 11.3. The van der Waals surface area contributed by atoms with Crippen LogP contribution in [0.15, 0.2) is 0 Å². The molecule has 0 aliphatic carbocycles. The van der Waals surface area contributed by atoms with Gasteiger partial charge in [-0.3, -0.25) is 4.79 Å². The smallest absolute Gasteiger partial charge is 0.220 e. The Hall–Kier alpha value is -0.570. The van der Waals surface area contributed by atoms with Crippen molar-refractivity contribution < 1.29 is 9.53 Å². The van der Waals surface area contributed by atoms with Gasteiger partial charge < -0.3 is 10.1 Å². The van der Waals surface area contributed by atoms with Crippen LogP contribution in [0.2, 0.25) is 0 Å². The second kappa shape index (κ2) is 8.72. The molecule has 3 heteroatoms. The molecule has 90 valence electrons. The number of rotatable bonds is 8. The standard InChI is InChI=1S/C12H25NO2/c1-10(2)5-6-12(14)13-7-8-15-9-11(3)4/h10-11H,5-9H2,1-4H3,(H,13,14). The predicted molar refractivity (Wildman–Crippen MR) is 62.7 cm³/mol. The van der Waals surface area contributed by atoms with Crippen molar-refractivity contribution in [2.45, 2.75) is 40.5 Å². The van der Waals surface area contributed by atoms with Gasteiger partial charge in [0, 0.05) is 19.6 Å². The Kier molecular flexibility index (Phi) is 8.38. The highest BCUT2D eigenvalue weighted by Gasteiger charge is 2.02. The highest BCUT2D eigenvalue weighted by Crippen LogP contribution is 2.02. The molecule has 0 unspecified atom stereocenters. The summed E-state index contributed by atoms with van der Waals surface area (Å²) in [7, 11) is 0. The van der Waals surface area contributed by atoms with E-state index in [0.29, 0.717) is 31.4 Å². The molecule has 0 saturated carbocycles. The fourth-order valence-electron chi connectivity index (χ4n) is 1.09. The highest BCUT2D eigenvalue weighted by atomic mass is 16.5. The Balaban J connectivity index is 3.24. The third-order valence-corrected chi connectivity index (χ3v) is 1.97. The summed E-state index contributed by atoms with van der Waals surface area (Å²) in [5.74, 6) is 1.28. The van der Waals surface area contributed by atoms with Crippen LogP contribution in [0.25, 0.3) is 0 Å². The van der Waals surface area contributed by atoms with Crippen LogP contribution in [0.4, 0.5) is 0 Å². The average Bonchev–Trinajstić information content (AvgIpc) is 2.13. The third kappa shape index (κ3) is 11.4. The van der Waals surface area contributed by atoms with Crippen LogP contribution < -0.4 is 5.32 Å². The van der Waals surface area contributed by atoms with Gasteiger partial charge >= 0.3 is 0 Å². The molecule has 0 saturated heterocycles. The first-order valence-corrected chi connectivity index (χ1v) is 5.86. The van der Waals surface area contributed by atoms with E-state index in [1.165, 1.54) is 0 Å². The normalized spacial score (nSPS) is 11.1. The lowest BCUT2D eigenvalue weighted by atomic mass is 10.1. The Morgan fingerprint density at radius 1 is 1.20 bits per heavy atom. The number of nitrogens with one attached hydrogen (secondary N) is 1. The highest BCUT2D eigenvalue weighted by molar-refractivity contribution is 5.75. The Bertz CT molecular complexity index is 167. The summed E-state index contributed by atoms with van der Waals surface area (Å²) in [6.07, 6.45) is 1.58. The molecular formula is C12H25NO2. The predicted octanol–water partition coefficient (Wildman–Crippen LogP) is 2.21. The Morgan fingerprint density at radius 3 is 2.40 bits per heavy atom. The monoisotopic (exact) mass is 215 g/mol. The fraction of sp³-hybridized carbons (Fsp3) is 0.917. The van der Waals surface area contributed by atoms with Gasteiger partial charge in [0.05, 0.1) is 6.61 Å². The zero-order chi connectivity index (χ0) is 11.7. The Labute approximate surface area is 93.6 Å². The minimum Gasteiger partial charge on any atom is -0.379 e. The van der Waals surface area contributed by atoms with Crippen molar-refractivity contribution in [3.05, 3.63) is 0 Å². The van der Waals surface area contributed by atoms with Gasteiger partial charge in [0.15, 0.2) is 0 Å². The summed E-state index contributed by atoms with van der Waals surface area (Å²) in [5, 5.41) is 2.85. The summed E-state index contributed by atoms with van der Waals surface area (Å²) < 4.78 is 5.36. The van der Waals surface area contributed by atoms with Crippen molar-refractivity contribution in [3.8, 4) is 0 Å². The molecule has 3 nitrogen and oxygen atoms in total.